The average Bonchev–Trinajstić information content (AvgIpc) is 2.68. The highest BCUT2D eigenvalue weighted by atomic mass is 15.1. The third kappa shape index (κ3) is 1.82. The standard InChI is InChI=1S/C14H20N4/c1-17-7-5-10(13(15)9-17)12-8-18(2)14-11(12)4-3-6-16-14/h3-4,6,8,10,13H,5,7,9,15H2,1-2H3. The van der Waals surface area contributed by atoms with Gasteiger partial charge < -0.3 is 15.2 Å². The van der Waals surface area contributed by atoms with Gasteiger partial charge in [0.15, 0.2) is 0 Å². The maximum atomic E-state index is 6.33. The van der Waals surface area contributed by atoms with Crippen molar-refractivity contribution in [1.82, 2.24) is 14.5 Å². The van der Waals surface area contributed by atoms with E-state index in [1.54, 1.807) is 0 Å². The van der Waals surface area contributed by atoms with E-state index in [1.807, 2.05) is 12.3 Å². The number of nitrogens with two attached hydrogens (primary N) is 1. The molecule has 2 atom stereocenters. The van der Waals surface area contributed by atoms with Gasteiger partial charge in [-0.15, -0.1) is 0 Å². The number of likely N-dealkylation sites (N-methyl/N-ethyl adjacent to an activating group) is 1. The highest BCUT2D eigenvalue weighted by Crippen LogP contribution is 2.32. The molecule has 0 bridgehead atoms. The first kappa shape index (κ1) is 11.7. The van der Waals surface area contributed by atoms with Crippen molar-refractivity contribution >= 4 is 11.0 Å². The third-order valence-electron chi connectivity index (χ3n) is 4.03. The van der Waals surface area contributed by atoms with Crippen LogP contribution in [0.5, 0.6) is 0 Å². The molecular weight excluding hydrogens is 224 g/mol. The van der Waals surface area contributed by atoms with Gasteiger partial charge in [0.2, 0.25) is 0 Å². The summed E-state index contributed by atoms with van der Waals surface area (Å²) < 4.78 is 2.11. The Morgan fingerprint density at radius 1 is 1.39 bits per heavy atom. The van der Waals surface area contributed by atoms with E-state index in [0.29, 0.717) is 5.92 Å². The molecule has 0 aliphatic carbocycles. The molecule has 1 aliphatic rings. The number of aromatic nitrogens is 2. The molecule has 3 heterocycles. The summed E-state index contributed by atoms with van der Waals surface area (Å²) in [7, 11) is 4.19. The average molecular weight is 244 g/mol. The van der Waals surface area contributed by atoms with Crippen LogP contribution in [0.1, 0.15) is 17.9 Å². The normalized spacial score (nSPS) is 25.7. The molecule has 1 aliphatic heterocycles. The van der Waals surface area contributed by atoms with Gasteiger partial charge in [-0.1, -0.05) is 0 Å². The molecule has 1 saturated heterocycles. The highest BCUT2D eigenvalue weighted by Gasteiger charge is 2.28. The van der Waals surface area contributed by atoms with Crippen molar-refractivity contribution < 1.29 is 0 Å². The predicted octanol–water partition coefficient (Wildman–Crippen LogP) is 1.32. The summed E-state index contributed by atoms with van der Waals surface area (Å²) in [4.78, 5) is 6.76. The molecule has 0 spiro atoms. The Hall–Kier alpha value is -1.39. The quantitative estimate of drug-likeness (QED) is 0.823. The molecule has 2 aromatic rings. The Balaban J connectivity index is 2.04. The van der Waals surface area contributed by atoms with E-state index in [-0.39, 0.29) is 6.04 Å². The van der Waals surface area contributed by atoms with Crippen LogP contribution in [0.4, 0.5) is 0 Å². The molecule has 96 valence electrons. The van der Waals surface area contributed by atoms with Gasteiger partial charge in [-0.25, -0.2) is 4.98 Å². The number of hydrogen-bond acceptors (Lipinski definition) is 3. The Morgan fingerprint density at radius 3 is 3.00 bits per heavy atom. The molecule has 4 heteroatoms. The van der Waals surface area contributed by atoms with Gasteiger partial charge in [-0.2, -0.15) is 0 Å². The second kappa shape index (κ2) is 4.37. The van der Waals surface area contributed by atoms with Crippen LogP contribution in [0.3, 0.4) is 0 Å². The smallest absolute Gasteiger partial charge is 0.139 e. The van der Waals surface area contributed by atoms with Gasteiger partial charge >= 0.3 is 0 Å². The fraction of sp³-hybridized carbons (Fsp3) is 0.500. The lowest BCUT2D eigenvalue weighted by Gasteiger charge is -2.34. The first-order valence-corrected chi connectivity index (χ1v) is 6.51. The van der Waals surface area contributed by atoms with Crippen molar-refractivity contribution in [3.05, 3.63) is 30.1 Å². The Kier molecular flexibility index (Phi) is 2.84. The van der Waals surface area contributed by atoms with E-state index < -0.39 is 0 Å². The van der Waals surface area contributed by atoms with E-state index in [1.165, 1.54) is 10.9 Å². The van der Waals surface area contributed by atoms with Crippen LogP contribution >= 0.6 is 0 Å². The minimum absolute atomic E-state index is 0.217. The monoisotopic (exact) mass is 244 g/mol. The van der Waals surface area contributed by atoms with Gasteiger partial charge in [0.25, 0.3) is 0 Å². The van der Waals surface area contributed by atoms with Crippen molar-refractivity contribution in [3.63, 3.8) is 0 Å². The Labute approximate surface area is 107 Å². The second-order valence-electron chi connectivity index (χ2n) is 5.39. The second-order valence-corrected chi connectivity index (χ2v) is 5.39. The topological polar surface area (TPSA) is 47.1 Å². The number of aryl methyl sites for hydroxylation is 1. The van der Waals surface area contributed by atoms with E-state index in [4.69, 9.17) is 5.73 Å². The Bertz CT molecular complexity index is 560. The molecule has 1 fully saturated rings. The highest BCUT2D eigenvalue weighted by molar-refractivity contribution is 5.81. The fourth-order valence-corrected chi connectivity index (χ4v) is 3.08. The van der Waals surface area contributed by atoms with Gasteiger partial charge in [0.05, 0.1) is 0 Å². The summed E-state index contributed by atoms with van der Waals surface area (Å²) in [6.07, 6.45) is 5.18. The van der Waals surface area contributed by atoms with Crippen LogP contribution in [0.25, 0.3) is 11.0 Å². The number of fused-ring (bicyclic) bond motifs is 1. The summed E-state index contributed by atoms with van der Waals surface area (Å²) in [5.41, 5.74) is 8.75. The molecule has 0 saturated carbocycles. The summed E-state index contributed by atoms with van der Waals surface area (Å²) in [6, 6.07) is 4.38. The molecule has 0 amide bonds. The van der Waals surface area contributed by atoms with Crippen LogP contribution in [0.2, 0.25) is 0 Å². The summed E-state index contributed by atoms with van der Waals surface area (Å²) >= 11 is 0. The number of piperidine rings is 1. The molecule has 0 aromatic carbocycles. The Morgan fingerprint density at radius 2 is 2.22 bits per heavy atom. The lowest BCUT2D eigenvalue weighted by Crippen LogP contribution is -2.45. The van der Waals surface area contributed by atoms with Crippen molar-refractivity contribution in [2.75, 3.05) is 20.1 Å². The minimum atomic E-state index is 0.217. The molecule has 2 N–H and O–H groups in total. The van der Waals surface area contributed by atoms with Crippen LogP contribution in [0, 0.1) is 0 Å². The zero-order valence-electron chi connectivity index (χ0n) is 11.0. The van der Waals surface area contributed by atoms with Crippen LogP contribution in [0.15, 0.2) is 24.5 Å². The van der Waals surface area contributed by atoms with Crippen LogP contribution in [-0.4, -0.2) is 40.6 Å². The zero-order chi connectivity index (χ0) is 12.7. The van der Waals surface area contributed by atoms with E-state index in [9.17, 15) is 0 Å². The molecule has 3 rings (SSSR count). The van der Waals surface area contributed by atoms with Crippen LogP contribution in [-0.2, 0) is 7.05 Å². The van der Waals surface area contributed by atoms with Gasteiger partial charge in [-0.3, -0.25) is 0 Å². The SMILES string of the molecule is CN1CCC(c2cn(C)c3ncccc23)C(N)C1. The van der Waals surface area contributed by atoms with Gasteiger partial charge in [0.1, 0.15) is 5.65 Å². The minimum Gasteiger partial charge on any atom is -0.335 e. The number of likely N-dealkylation sites (tertiary alicyclic amines) is 1. The first-order valence-electron chi connectivity index (χ1n) is 6.51. The van der Waals surface area contributed by atoms with Gasteiger partial charge in [0, 0.05) is 43.3 Å². The fourth-order valence-electron chi connectivity index (χ4n) is 3.08. The van der Waals surface area contributed by atoms with E-state index in [2.05, 4.69) is 40.8 Å². The van der Waals surface area contributed by atoms with Crippen molar-refractivity contribution in [2.24, 2.45) is 12.8 Å². The van der Waals surface area contributed by atoms with Crippen molar-refractivity contribution in [1.29, 1.82) is 0 Å². The van der Waals surface area contributed by atoms with Crippen molar-refractivity contribution in [3.8, 4) is 0 Å². The third-order valence-corrected chi connectivity index (χ3v) is 4.03. The molecule has 18 heavy (non-hydrogen) atoms. The predicted molar refractivity (Wildman–Crippen MR) is 73.5 cm³/mol. The summed E-state index contributed by atoms with van der Waals surface area (Å²) in [5.74, 6) is 0.453. The molecule has 2 aromatic heterocycles. The van der Waals surface area contributed by atoms with Gasteiger partial charge in [-0.05, 0) is 37.7 Å². The number of nitrogens with zero attached hydrogens (tertiary/aromatic N) is 3. The van der Waals surface area contributed by atoms with Crippen molar-refractivity contribution in [2.45, 2.75) is 18.4 Å². The van der Waals surface area contributed by atoms with Crippen LogP contribution < -0.4 is 5.73 Å². The summed E-state index contributed by atoms with van der Waals surface area (Å²) in [5, 5.41) is 1.25. The zero-order valence-corrected chi connectivity index (χ0v) is 11.0. The maximum absolute atomic E-state index is 6.33. The lowest BCUT2D eigenvalue weighted by molar-refractivity contribution is 0.229. The number of rotatable bonds is 1. The lowest BCUT2D eigenvalue weighted by atomic mass is 9.86. The molecular formula is C14H20N4. The number of hydrogen-bond donors (Lipinski definition) is 1. The van der Waals surface area contributed by atoms with E-state index >= 15 is 0 Å². The molecule has 2 unspecified atom stereocenters. The molecule has 0 radical (unpaired) electrons. The summed E-state index contributed by atoms with van der Waals surface area (Å²) in [6.45, 7) is 2.09. The maximum Gasteiger partial charge on any atom is 0.139 e. The first-order chi connectivity index (χ1) is 8.66. The number of pyridine rings is 1. The largest absolute Gasteiger partial charge is 0.335 e. The molecule has 4 nitrogen and oxygen atoms in total. The van der Waals surface area contributed by atoms with E-state index in [0.717, 1.165) is 25.2 Å².